The van der Waals surface area contributed by atoms with Gasteiger partial charge in [0.05, 0.1) is 0 Å². The van der Waals surface area contributed by atoms with Crippen LogP contribution < -0.4 is 5.32 Å². The van der Waals surface area contributed by atoms with Gasteiger partial charge in [-0.3, -0.25) is 0 Å². The van der Waals surface area contributed by atoms with E-state index in [0.717, 1.165) is 35.7 Å². The third kappa shape index (κ3) is 2.64. The topological polar surface area (TPSA) is 37.8 Å². The third-order valence-electron chi connectivity index (χ3n) is 3.72. The van der Waals surface area contributed by atoms with Gasteiger partial charge < -0.3 is 5.32 Å². The lowest BCUT2D eigenvalue weighted by Crippen LogP contribution is -2.13. The van der Waals surface area contributed by atoms with E-state index in [9.17, 15) is 4.39 Å². The number of halogens is 1. The monoisotopic (exact) mass is 271 g/mol. The summed E-state index contributed by atoms with van der Waals surface area (Å²) in [6.45, 7) is 0. The molecule has 0 saturated heterocycles. The predicted molar refractivity (Wildman–Crippen MR) is 77.4 cm³/mol. The van der Waals surface area contributed by atoms with E-state index in [4.69, 9.17) is 0 Å². The fraction of sp³-hybridized carbons (Fsp3) is 0.375. The first kappa shape index (κ1) is 13.0. The molecule has 0 fully saturated rings. The number of nitrogens with zero attached hydrogens (tertiary/aromatic N) is 2. The van der Waals surface area contributed by atoms with Gasteiger partial charge >= 0.3 is 0 Å². The standard InChI is InChI=1S/C16H18FN3/c1-18-16-13-7-2-3-8-14(13)19-15(20-16)10-11-5-4-6-12(17)9-11/h4-6,9H,2-3,7-8,10H2,1H3,(H,18,19,20). The summed E-state index contributed by atoms with van der Waals surface area (Å²) in [4.78, 5) is 9.26. The molecular formula is C16H18FN3. The minimum Gasteiger partial charge on any atom is -0.373 e. The summed E-state index contributed by atoms with van der Waals surface area (Å²) in [5.74, 6) is 1.48. The van der Waals surface area contributed by atoms with Crippen LogP contribution in [0, 0.1) is 5.82 Å². The summed E-state index contributed by atoms with van der Waals surface area (Å²) in [5.41, 5.74) is 3.31. The molecule has 4 heteroatoms. The SMILES string of the molecule is CNc1nc(Cc2cccc(F)c2)nc2c1CCCC2. The summed E-state index contributed by atoms with van der Waals surface area (Å²) in [6.07, 6.45) is 5.02. The molecule has 0 unspecified atom stereocenters. The zero-order valence-corrected chi connectivity index (χ0v) is 11.6. The molecule has 1 aromatic heterocycles. The van der Waals surface area contributed by atoms with Crippen LogP contribution in [-0.4, -0.2) is 17.0 Å². The molecule has 0 amide bonds. The first-order valence-corrected chi connectivity index (χ1v) is 7.07. The number of aromatic nitrogens is 2. The molecule has 0 spiro atoms. The summed E-state index contributed by atoms with van der Waals surface area (Å²) in [5, 5.41) is 3.17. The second-order valence-electron chi connectivity index (χ2n) is 5.18. The van der Waals surface area contributed by atoms with Crippen LogP contribution in [0.5, 0.6) is 0 Å². The molecule has 1 aliphatic rings. The predicted octanol–water partition coefficient (Wildman–Crippen LogP) is 3.13. The molecule has 0 saturated carbocycles. The van der Waals surface area contributed by atoms with Gasteiger partial charge in [0.25, 0.3) is 0 Å². The molecule has 0 radical (unpaired) electrons. The Morgan fingerprint density at radius 1 is 1.20 bits per heavy atom. The van der Waals surface area contributed by atoms with Crippen molar-refractivity contribution in [2.45, 2.75) is 32.1 Å². The maximum atomic E-state index is 13.2. The van der Waals surface area contributed by atoms with E-state index in [2.05, 4.69) is 15.3 Å². The number of hydrogen-bond donors (Lipinski definition) is 1. The Kier molecular flexibility index (Phi) is 3.63. The highest BCUT2D eigenvalue weighted by Crippen LogP contribution is 2.25. The van der Waals surface area contributed by atoms with Gasteiger partial charge in [0, 0.05) is 24.7 Å². The highest BCUT2D eigenvalue weighted by molar-refractivity contribution is 5.47. The fourth-order valence-corrected chi connectivity index (χ4v) is 2.76. The molecule has 3 rings (SSSR count). The van der Waals surface area contributed by atoms with Crippen LogP contribution in [0.4, 0.5) is 10.2 Å². The van der Waals surface area contributed by atoms with Crippen LogP contribution in [-0.2, 0) is 19.3 Å². The lowest BCUT2D eigenvalue weighted by atomic mass is 9.96. The molecule has 1 aliphatic carbocycles. The number of aryl methyl sites for hydroxylation is 1. The molecular weight excluding hydrogens is 253 g/mol. The number of rotatable bonds is 3. The van der Waals surface area contributed by atoms with Crippen LogP contribution in [0.1, 0.15) is 35.5 Å². The van der Waals surface area contributed by atoms with Gasteiger partial charge in [-0.1, -0.05) is 12.1 Å². The lowest BCUT2D eigenvalue weighted by molar-refractivity contribution is 0.625. The maximum Gasteiger partial charge on any atom is 0.135 e. The highest BCUT2D eigenvalue weighted by Gasteiger charge is 2.17. The van der Waals surface area contributed by atoms with Gasteiger partial charge in [0.2, 0.25) is 0 Å². The van der Waals surface area contributed by atoms with E-state index in [1.807, 2.05) is 13.1 Å². The van der Waals surface area contributed by atoms with Gasteiger partial charge in [-0.25, -0.2) is 14.4 Å². The van der Waals surface area contributed by atoms with Crippen molar-refractivity contribution in [3.63, 3.8) is 0 Å². The number of anilines is 1. The number of hydrogen-bond acceptors (Lipinski definition) is 3. The van der Waals surface area contributed by atoms with Crippen LogP contribution >= 0.6 is 0 Å². The molecule has 1 aromatic carbocycles. The average Bonchev–Trinajstić information content (AvgIpc) is 2.46. The Morgan fingerprint density at radius 3 is 2.85 bits per heavy atom. The molecule has 0 atom stereocenters. The van der Waals surface area contributed by atoms with E-state index in [1.165, 1.54) is 24.5 Å². The third-order valence-corrected chi connectivity index (χ3v) is 3.72. The van der Waals surface area contributed by atoms with Gasteiger partial charge in [-0.2, -0.15) is 0 Å². The zero-order valence-electron chi connectivity index (χ0n) is 11.6. The molecule has 104 valence electrons. The Hall–Kier alpha value is -1.97. The number of fused-ring (bicyclic) bond motifs is 1. The van der Waals surface area contributed by atoms with Crippen molar-refractivity contribution in [2.75, 3.05) is 12.4 Å². The van der Waals surface area contributed by atoms with Crippen LogP contribution in [0.3, 0.4) is 0 Å². The van der Waals surface area contributed by atoms with Gasteiger partial charge in [0.15, 0.2) is 0 Å². The average molecular weight is 271 g/mol. The van der Waals surface area contributed by atoms with Crippen molar-refractivity contribution in [3.05, 3.63) is 52.7 Å². The second-order valence-corrected chi connectivity index (χ2v) is 5.18. The van der Waals surface area contributed by atoms with E-state index in [1.54, 1.807) is 12.1 Å². The number of nitrogens with one attached hydrogen (secondary N) is 1. The fourth-order valence-electron chi connectivity index (χ4n) is 2.76. The zero-order chi connectivity index (χ0) is 13.9. The van der Waals surface area contributed by atoms with Crippen molar-refractivity contribution >= 4 is 5.82 Å². The van der Waals surface area contributed by atoms with E-state index in [-0.39, 0.29) is 5.82 Å². The first-order valence-electron chi connectivity index (χ1n) is 7.07. The van der Waals surface area contributed by atoms with Crippen molar-refractivity contribution in [1.29, 1.82) is 0 Å². The molecule has 3 nitrogen and oxygen atoms in total. The smallest absolute Gasteiger partial charge is 0.135 e. The summed E-state index contributed by atoms with van der Waals surface area (Å²) in [6, 6.07) is 6.63. The number of benzene rings is 1. The largest absolute Gasteiger partial charge is 0.373 e. The van der Waals surface area contributed by atoms with Crippen molar-refractivity contribution in [2.24, 2.45) is 0 Å². The van der Waals surface area contributed by atoms with Crippen LogP contribution in [0.2, 0.25) is 0 Å². The maximum absolute atomic E-state index is 13.2. The van der Waals surface area contributed by atoms with Crippen LogP contribution in [0.15, 0.2) is 24.3 Å². The summed E-state index contributed by atoms with van der Waals surface area (Å²) >= 11 is 0. The first-order chi connectivity index (χ1) is 9.76. The van der Waals surface area contributed by atoms with Gasteiger partial charge in [0.1, 0.15) is 17.5 Å². The minimum absolute atomic E-state index is 0.214. The molecule has 0 bridgehead atoms. The van der Waals surface area contributed by atoms with Crippen molar-refractivity contribution in [1.82, 2.24) is 9.97 Å². The molecule has 1 N–H and O–H groups in total. The Balaban J connectivity index is 1.94. The van der Waals surface area contributed by atoms with Gasteiger partial charge in [-0.05, 0) is 43.4 Å². The molecule has 1 heterocycles. The van der Waals surface area contributed by atoms with Gasteiger partial charge in [-0.15, -0.1) is 0 Å². The highest BCUT2D eigenvalue weighted by atomic mass is 19.1. The van der Waals surface area contributed by atoms with Crippen molar-refractivity contribution in [3.8, 4) is 0 Å². The van der Waals surface area contributed by atoms with E-state index in [0.29, 0.717) is 6.42 Å². The lowest BCUT2D eigenvalue weighted by Gasteiger charge is -2.18. The second kappa shape index (κ2) is 5.57. The molecule has 2 aromatic rings. The minimum atomic E-state index is -0.214. The molecule has 0 aliphatic heterocycles. The van der Waals surface area contributed by atoms with Crippen molar-refractivity contribution < 1.29 is 4.39 Å². The quantitative estimate of drug-likeness (QED) is 0.932. The Morgan fingerprint density at radius 2 is 2.05 bits per heavy atom. The van der Waals surface area contributed by atoms with E-state index >= 15 is 0 Å². The van der Waals surface area contributed by atoms with Crippen LogP contribution in [0.25, 0.3) is 0 Å². The Bertz CT molecular complexity index is 608. The molecule has 20 heavy (non-hydrogen) atoms. The normalized spacial score (nSPS) is 13.9. The van der Waals surface area contributed by atoms with E-state index < -0.39 is 0 Å². The Labute approximate surface area is 118 Å². The summed E-state index contributed by atoms with van der Waals surface area (Å²) in [7, 11) is 1.89. The summed E-state index contributed by atoms with van der Waals surface area (Å²) < 4.78 is 13.2.